The van der Waals surface area contributed by atoms with Crippen LogP contribution in [0.2, 0.25) is 0 Å². The lowest BCUT2D eigenvalue weighted by Crippen LogP contribution is -2.51. The first-order chi connectivity index (χ1) is 7.06. The summed E-state index contributed by atoms with van der Waals surface area (Å²) in [4.78, 5) is 1.96. The van der Waals surface area contributed by atoms with Crippen molar-refractivity contribution in [3.05, 3.63) is 29.6 Å². The van der Waals surface area contributed by atoms with Gasteiger partial charge in [0.15, 0.2) is 11.6 Å². The third kappa shape index (κ3) is 2.07. The SMILES string of the molecule is CN1CC(Oc2cc(F)cc(F)c2F)C1. The molecular weight excluding hydrogens is 207 g/mol. The van der Waals surface area contributed by atoms with Gasteiger partial charge in [0.1, 0.15) is 11.9 Å². The average molecular weight is 217 g/mol. The van der Waals surface area contributed by atoms with Crippen molar-refractivity contribution in [1.29, 1.82) is 0 Å². The molecular formula is C10H10F3NO. The second kappa shape index (κ2) is 3.73. The lowest BCUT2D eigenvalue weighted by atomic mass is 10.2. The molecule has 1 saturated heterocycles. The van der Waals surface area contributed by atoms with Gasteiger partial charge in [-0.25, -0.2) is 8.78 Å². The summed E-state index contributed by atoms with van der Waals surface area (Å²) in [6, 6.07) is 1.35. The van der Waals surface area contributed by atoms with E-state index in [-0.39, 0.29) is 11.9 Å². The van der Waals surface area contributed by atoms with Crippen LogP contribution in [-0.2, 0) is 0 Å². The van der Waals surface area contributed by atoms with Gasteiger partial charge in [0.05, 0.1) is 0 Å². The molecule has 0 N–H and O–H groups in total. The van der Waals surface area contributed by atoms with E-state index in [0.717, 1.165) is 6.07 Å². The molecule has 2 rings (SSSR count). The van der Waals surface area contributed by atoms with E-state index in [0.29, 0.717) is 19.2 Å². The zero-order chi connectivity index (χ0) is 11.0. The summed E-state index contributed by atoms with van der Waals surface area (Å²) in [6.45, 7) is 1.27. The first-order valence-electron chi connectivity index (χ1n) is 4.56. The third-order valence-corrected chi connectivity index (χ3v) is 2.28. The van der Waals surface area contributed by atoms with E-state index in [1.807, 2.05) is 11.9 Å². The monoisotopic (exact) mass is 217 g/mol. The van der Waals surface area contributed by atoms with Crippen molar-refractivity contribution in [3.8, 4) is 5.75 Å². The van der Waals surface area contributed by atoms with E-state index in [2.05, 4.69) is 0 Å². The highest BCUT2D eigenvalue weighted by molar-refractivity contribution is 5.26. The largest absolute Gasteiger partial charge is 0.484 e. The molecule has 0 atom stereocenters. The second-order valence-electron chi connectivity index (χ2n) is 3.66. The minimum Gasteiger partial charge on any atom is -0.484 e. The van der Waals surface area contributed by atoms with Crippen molar-refractivity contribution in [2.45, 2.75) is 6.10 Å². The topological polar surface area (TPSA) is 12.5 Å². The van der Waals surface area contributed by atoms with Gasteiger partial charge in [0, 0.05) is 25.2 Å². The summed E-state index contributed by atoms with van der Waals surface area (Å²) >= 11 is 0. The number of rotatable bonds is 2. The number of likely N-dealkylation sites (tertiary alicyclic amines) is 1. The smallest absolute Gasteiger partial charge is 0.200 e. The van der Waals surface area contributed by atoms with Crippen molar-refractivity contribution >= 4 is 0 Å². The minimum absolute atomic E-state index is 0.189. The zero-order valence-corrected chi connectivity index (χ0v) is 8.14. The molecule has 0 bridgehead atoms. The van der Waals surface area contributed by atoms with E-state index < -0.39 is 17.5 Å². The van der Waals surface area contributed by atoms with Crippen molar-refractivity contribution in [3.63, 3.8) is 0 Å². The number of hydrogen-bond donors (Lipinski definition) is 0. The Balaban J connectivity index is 2.13. The number of halogens is 3. The van der Waals surface area contributed by atoms with Crippen LogP contribution in [0.1, 0.15) is 0 Å². The molecule has 0 aliphatic carbocycles. The number of nitrogens with zero attached hydrogens (tertiary/aromatic N) is 1. The van der Waals surface area contributed by atoms with Crippen LogP contribution in [0.3, 0.4) is 0 Å². The van der Waals surface area contributed by atoms with Crippen LogP contribution in [0.5, 0.6) is 5.75 Å². The molecule has 0 aromatic heterocycles. The van der Waals surface area contributed by atoms with Crippen molar-refractivity contribution in [1.82, 2.24) is 4.90 Å². The van der Waals surface area contributed by atoms with E-state index >= 15 is 0 Å². The van der Waals surface area contributed by atoms with E-state index in [9.17, 15) is 13.2 Å². The van der Waals surface area contributed by atoms with Gasteiger partial charge >= 0.3 is 0 Å². The molecule has 1 aliphatic heterocycles. The zero-order valence-electron chi connectivity index (χ0n) is 8.14. The fraction of sp³-hybridized carbons (Fsp3) is 0.400. The predicted molar refractivity (Wildman–Crippen MR) is 48.2 cm³/mol. The van der Waals surface area contributed by atoms with Gasteiger partial charge in [-0.1, -0.05) is 0 Å². The van der Waals surface area contributed by atoms with Gasteiger partial charge in [-0.2, -0.15) is 4.39 Å². The summed E-state index contributed by atoms with van der Waals surface area (Å²) in [7, 11) is 1.88. The van der Waals surface area contributed by atoms with Gasteiger partial charge in [-0.05, 0) is 7.05 Å². The van der Waals surface area contributed by atoms with Crippen molar-refractivity contribution in [2.24, 2.45) is 0 Å². The number of ether oxygens (including phenoxy) is 1. The summed E-state index contributed by atoms with van der Waals surface area (Å²) in [6.07, 6.45) is -0.189. The molecule has 0 amide bonds. The highest BCUT2D eigenvalue weighted by atomic mass is 19.2. The highest BCUT2D eigenvalue weighted by Gasteiger charge is 2.26. The third-order valence-electron chi connectivity index (χ3n) is 2.28. The molecule has 15 heavy (non-hydrogen) atoms. The fourth-order valence-corrected chi connectivity index (χ4v) is 1.51. The lowest BCUT2D eigenvalue weighted by Gasteiger charge is -2.36. The first kappa shape index (κ1) is 10.3. The van der Waals surface area contributed by atoms with Crippen molar-refractivity contribution < 1.29 is 17.9 Å². The number of benzene rings is 1. The van der Waals surface area contributed by atoms with Crippen LogP contribution in [0.4, 0.5) is 13.2 Å². The normalized spacial score (nSPS) is 17.6. The summed E-state index contributed by atoms with van der Waals surface area (Å²) in [5, 5.41) is 0. The Hall–Kier alpha value is -1.23. The standard InChI is InChI=1S/C10H10F3NO/c1-14-4-7(5-14)15-9-3-6(11)2-8(12)10(9)13/h2-3,7H,4-5H2,1H3. The first-order valence-corrected chi connectivity index (χ1v) is 4.56. The molecule has 1 heterocycles. The van der Waals surface area contributed by atoms with Gasteiger partial charge < -0.3 is 4.74 Å². The van der Waals surface area contributed by atoms with Gasteiger partial charge in [-0.15, -0.1) is 0 Å². The van der Waals surface area contributed by atoms with Crippen LogP contribution >= 0.6 is 0 Å². The van der Waals surface area contributed by atoms with Crippen LogP contribution in [0.15, 0.2) is 12.1 Å². The quantitative estimate of drug-likeness (QED) is 0.700. The summed E-state index contributed by atoms with van der Waals surface area (Å²) in [5.41, 5.74) is 0. The maximum Gasteiger partial charge on any atom is 0.200 e. The summed E-state index contributed by atoms with van der Waals surface area (Å²) in [5.74, 6) is -3.55. The Kier molecular flexibility index (Phi) is 2.56. The molecule has 0 spiro atoms. The Morgan fingerprint density at radius 1 is 1.27 bits per heavy atom. The van der Waals surface area contributed by atoms with E-state index in [4.69, 9.17) is 4.74 Å². The molecule has 1 aromatic carbocycles. The minimum atomic E-state index is -1.22. The van der Waals surface area contributed by atoms with Crippen LogP contribution in [0.25, 0.3) is 0 Å². The van der Waals surface area contributed by atoms with Crippen molar-refractivity contribution in [2.75, 3.05) is 20.1 Å². The summed E-state index contributed by atoms with van der Waals surface area (Å²) < 4.78 is 43.8. The Bertz CT molecular complexity index is 377. The van der Waals surface area contributed by atoms with E-state index in [1.165, 1.54) is 0 Å². The predicted octanol–water partition coefficient (Wildman–Crippen LogP) is 1.80. The van der Waals surface area contributed by atoms with E-state index in [1.54, 1.807) is 0 Å². The molecule has 1 fully saturated rings. The number of likely N-dealkylation sites (N-methyl/N-ethyl adjacent to an activating group) is 1. The van der Waals surface area contributed by atoms with Gasteiger partial charge in [0.2, 0.25) is 5.82 Å². The number of hydrogen-bond acceptors (Lipinski definition) is 2. The second-order valence-corrected chi connectivity index (χ2v) is 3.66. The Labute approximate surface area is 85.3 Å². The Morgan fingerprint density at radius 3 is 2.53 bits per heavy atom. The molecule has 82 valence electrons. The lowest BCUT2D eigenvalue weighted by molar-refractivity contribution is 0.0353. The van der Waals surface area contributed by atoms with Gasteiger partial charge in [0.25, 0.3) is 0 Å². The average Bonchev–Trinajstić information content (AvgIpc) is 2.10. The molecule has 0 radical (unpaired) electrons. The maximum absolute atomic E-state index is 13.1. The van der Waals surface area contributed by atoms with Crippen LogP contribution in [0, 0.1) is 17.5 Å². The molecule has 0 unspecified atom stereocenters. The highest BCUT2D eigenvalue weighted by Crippen LogP contribution is 2.24. The molecule has 2 nitrogen and oxygen atoms in total. The molecule has 5 heteroatoms. The fourth-order valence-electron chi connectivity index (χ4n) is 1.51. The van der Waals surface area contributed by atoms with Crippen LogP contribution in [-0.4, -0.2) is 31.1 Å². The molecule has 1 aliphatic rings. The molecule has 0 saturated carbocycles. The molecule has 1 aromatic rings. The van der Waals surface area contributed by atoms with Gasteiger partial charge in [-0.3, -0.25) is 4.90 Å². The maximum atomic E-state index is 13.1. The Morgan fingerprint density at radius 2 is 1.93 bits per heavy atom. The van der Waals surface area contributed by atoms with Crippen LogP contribution < -0.4 is 4.74 Å².